The molecule has 156 valence electrons. The number of para-hydroxylation sites is 1. The van der Waals surface area contributed by atoms with Crippen molar-refractivity contribution in [2.24, 2.45) is 7.05 Å². The molecule has 0 bridgehead atoms. The van der Waals surface area contributed by atoms with Gasteiger partial charge in [-0.1, -0.05) is 24.3 Å². The van der Waals surface area contributed by atoms with Crippen molar-refractivity contribution in [3.05, 3.63) is 65.6 Å². The van der Waals surface area contributed by atoms with E-state index < -0.39 is 18.0 Å². The second kappa shape index (κ2) is 8.25. The first-order chi connectivity index (χ1) is 14.5. The van der Waals surface area contributed by atoms with Crippen LogP contribution >= 0.6 is 0 Å². The van der Waals surface area contributed by atoms with E-state index in [4.69, 9.17) is 0 Å². The van der Waals surface area contributed by atoms with Crippen molar-refractivity contribution in [2.45, 2.75) is 12.6 Å². The molecule has 1 fully saturated rings. The Kier molecular flexibility index (Phi) is 5.52. The monoisotopic (exact) mass is 408 g/mol. The average molecular weight is 408 g/mol. The molecule has 2 aromatic heterocycles. The van der Waals surface area contributed by atoms with Gasteiger partial charge in [0.1, 0.15) is 11.7 Å². The number of pyridine rings is 1. The summed E-state index contributed by atoms with van der Waals surface area (Å²) in [5, 5.41) is 20.6. The van der Waals surface area contributed by atoms with Gasteiger partial charge in [-0.25, -0.2) is 4.79 Å². The fraction of sp³-hybridized carbons (Fsp3) is 0.318. The third-order valence-electron chi connectivity index (χ3n) is 5.76. The number of hydrogen-bond acceptors (Lipinski definition) is 5. The van der Waals surface area contributed by atoms with Crippen LogP contribution in [0, 0.1) is 0 Å². The van der Waals surface area contributed by atoms with E-state index in [0.717, 1.165) is 12.1 Å². The smallest absolute Gasteiger partial charge is 0.352 e. The molecule has 1 aliphatic heterocycles. The van der Waals surface area contributed by atoms with Crippen molar-refractivity contribution in [2.75, 3.05) is 26.2 Å². The van der Waals surface area contributed by atoms with Crippen LogP contribution in [0.4, 0.5) is 0 Å². The predicted molar refractivity (Wildman–Crippen MR) is 111 cm³/mol. The standard InChI is InChI=1S/C22H24N4O4/c1-24-17-7-3-2-6-16(17)18(19(24)21(27)28)20(22(29)30)26-11-9-25(10-12-26)14-15-5-4-8-23-13-15/h2-8,13,20H,9-12,14H2,1H3,(H,27,28)(H,29,30)/t20-/m1/s1. The lowest BCUT2D eigenvalue weighted by molar-refractivity contribution is -0.144. The lowest BCUT2D eigenvalue weighted by Gasteiger charge is -2.37. The van der Waals surface area contributed by atoms with Crippen LogP contribution < -0.4 is 0 Å². The first-order valence-corrected chi connectivity index (χ1v) is 9.86. The highest BCUT2D eigenvalue weighted by atomic mass is 16.4. The van der Waals surface area contributed by atoms with Gasteiger partial charge in [-0.15, -0.1) is 0 Å². The number of fused-ring (bicyclic) bond motifs is 1. The molecule has 0 amide bonds. The van der Waals surface area contributed by atoms with Gasteiger partial charge in [0.15, 0.2) is 0 Å². The van der Waals surface area contributed by atoms with E-state index in [1.54, 1.807) is 23.9 Å². The van der Waals surface area contributed by atoms with Crippen LogP contribution in [0.1, 0.15) is 27.7 Å². The fourth-order valence-electron chi connectivity index (χ4n) is 4.35. The van der Waals surface area contributed by atoms with E-state index >= 15 is 0 Å². The Morgan fingerprint density at radius 1 is 1.07 bits per heavy atom. The second-order valence-corrected chi connectivity index (χ2v) is 7.56. The van der Waals surface area contributed by atoms with E-state index in [-0.39, 0.29) is 5.69 Å². The summed E-state index contributed by atoms with van der Waals surface area (Å²) in [6, 6.07) is 10.2. The number of aryl methyl sites for hydroxylation is 1. The molecule has 1 atom stereocenters. The molecule has 30 heavy (non-hydrogen) atoms. The number of carboxylic acids is 2. The summed E-state index contributed by atoms with van der Waals surface area (Å²) in [5.41, 5.74) is 2.21. The Bertz CT molecular complexity index is 1070. The first-order valence-electron chi connectivity index (χ1n) is 9.86. The Hall–Kier alpha value is -3.23. The van der Waals surface area contributed by atoms with E-state index in [1.807, 2.05) is 41.4 Å². The van der Waals surface area contributed by atoms with Gasteiger partial charge >= 0.3 is 11.9 Å². The zero-order valence-electron chi connectivity index (χ0n) is 16.7. The Balaban J connectivity index is 1.63. The minimum absolute atomic E-state index is 0.0291. The molecule has 2 N–H and O–H groups in total. The highest BCUT2D eigenvalue weighted by molar-refractivity contribution is 6.01. The van der Waals surface area contributed by atoms with Gasteiger partial charge in [0, 0.05) is 68.6 Å². The number of aromatic nitrogens is 2. The summed E-state index contributed by atoms with van der Waals surface area (Å²) in [7, 11) is 1.67. The van der Waals surface area contributed by atoms with E-state index in [9.17, 15) is 19.8 Å². The number of carbonyl (C=O) groups is 2. The van der Waals surface area contributed by atoms with Gasteiger partial charge in [0.05, 0.1) is 0 Å². The number of piperazine rings is 1. The summed E-state index contributed by atoms with van der Waals surface area (Å²) in [6.07, 6.45) is 3.57. The van der Waals surface area contributed by atoms with Crippen LogP contribution in [-0.2, 0) is 18.4 Å². The maximum Gasteiger partial charge on any atom is 0.352 e. The molecule has 0 radical (unpaired) electrons. The van der Waals surface area contributed by atoms with Crippen molar-refractivity contribution < 1.29 is 19.8 Å². The van der Waals surface area contributed by atoms with Gasteiger partial charge in [0.25, 0.3) is 0 Å². The van der Waals surface area contributed by atoms with Crippen LogP contribution in [0.25, 0.3) is 10.9 Å². The summed E-state index contributed by atoms with van der Waals surface area (Å²) < 4.78 is 1.57. The van der Waals surface area contributed by atoms with Crippen LogP contribution in [0.2, 0.25) is 0 Å². The van der Waals surface area contributed by atoms with E-state index in [1.165, 1.54) is 0 Å². The predicted octanol–water partition coefficient (Wildman–Crippen LogP) is 2.21. The molecule has 0 unspecified atom stereocenters. The third kappa shape index (κ3) is 3.67. The molecular formula is C22H24N4O4. The van der Waals surface area contributed by atoms with Gasteiger partial charge < -0.3 is 14.8 Å². The Morgan fingerprint density at radius 3 is 2.43 bits per heavy atom. The van der Waals surface area contributed by atoms with Gasteiger partial charge in [-0.2, -0.15) is 0 Å². The van der Waals surface area contributed by atoms with Crippen molar-refractivity contribution in [1.82, 2.24) is 19.4 Å². The molecule has 1 aromatic carbocycles. The number of aromatic carboxylic acids is 1. The molecule has 1 saturated heterocycles. The summed E-state index contributed by atoms with van der Waals surface area (Å²) in [5.74, 6) is -2.15. The normalized spacial score (nSPS) is 16.6. The number of nitrogens with zero attached hydrogens (tertiary/aromatic N) is 4. The molecule has 8 heteroatoms. The topological polar surface area (TPSA) is 98.9 Å². The summed E-state index contributed by atoms with van der Waals surface area (Å²) in [6.45, 7) is 3.24. The van der Waals surface area contributed by atoms with Gasteiger partial charge in [-0.3, -0.25) is 19.6 Å². The van der Waals surface area contributed by atoms with Crippen LogP contribution in [0.3, 0.4) is 0 Å². The van der Waals surface area contributed by atoms with E-state index in [2.05, 4.69) is 9.88 Å². The summed E-state index contributed by atoms with van der Waals surface area (Å²) >= 11 is 0. The minimum atomic E-state index is -1.12. The van der Waals surface area contributed by atoms with Crippen molar-refractivity contribution in [3.63, 3.8) is 0 Å². The molecule has 1 aliphatic rings. The SMILES string of the molecule is Cn1c(C(=O)O)c([C@H](C(=O)O)N2CCN(Cc3cccnc3)CC2)c2ccccc21. The molecule has 3 heterocycles. The quantitative estimate of drug-likeness (QED) is 0.645. The van der Waals surface area contributed by atoms with Crippen molar-refractivity contribution in [1.29, 1.82) is 0 Å². The Morgan fingerprint density at radius 2 is 1.80 bits per heavy atom. The van der Waals surface area contributed by atoms with E-state index in [0.29, 0.717) is 42.6 Å². The largest absolute Gasteiger partial charge is 0.480 e. The third-order valence-corrected chi connectivity index (χ3v) is 5.76. The van der Waals surface area contributed by atoms with Gasteiger partial charge in [0.2, 0.25) is 0 Å². The van der Waals surface area contributed by atoms with Crippen LogP contribution in [0.15, 0.2) is 48.8 Å². The molecule has 8 nitrogen and oxygen atoms in total. The highest BCUT2D eigenvalue weighted by Crippen LogP contribution is 2.34. The second-order valence-electron chi connectivity index (χ2n) is 7.56. The maximum atomic E-state index is 12.3. The first kappa shape index (κ1) is 20.1. The summed E-state index contributed by atoms with van der Waals surface area (Å²) in [4.78, 5) is 32.6. The number of hydrogen-bond donors (Lipinski definition) is 2. The lowest BCUT2D eigenvalue weighted by Crippen LogP contribution is -2.49. The fourth-order valence-corrected chi connectivity index (χ4v) is 4.35. The molecular weight excluding hydrogens is 384 g/mol. The van der Waals surface area contributed by atoms with Crippen molar-refractivity contribution in [3.8, 4) is 0 Å². The highest BCUT2D eigenvalue weighted by Gasteiger charge is 2.36. The maximum absolute atomic E-state index is 12.3. The average Bonchev–Trinajstić information content (AvgIpc) is 3.03. The molecule has 4 rings (SSSR count). The molecule has 3 aromatic rings. The number of benzene rings is 1. The number of carboxylic acid groups (broad SMARTS) is 2. The molecule has 0 spiro atoms. The Labute approximate surface area is 174 Å². The van der Waals surface area contributed by atoms with Crippen LogP contribution in [-0.4, -0.2) is 67.7 Å². The molecule has 0 saturated carbocycles. The van der Waals surface area contributed by atoms with Crippen LogP contribution in [0.5, 0.6) is 0 Å². The number of rotatable bonds is 6. The lowest BCUT2D eigenvalue weighted by atomic mass is 10.00. The van der Waals surface area contributed by atoms with Gasteiger partial charge in [-0.05, 0) is 17.7 Å². The van der Waals surface area contributed by atoms with Crippen molar-refractivity contribution >= 4 is 22.8 Å². The zero-order chi connectivity index (χ0) is 21.3. The number of aliphatic carboxylic acids is 1. The minimum Gasteiger partial charge on any atom is -0.480 e. The molecule has 0 aliphatic carbocycles. The zero-order valence-corrected chi connectivity index (χ0v) is 16.7.